The summed E-state index contributed by atoms with van der Waals surface area (Å²) in [6.45, 7) is 6.40. The van der Waals surface area contributed by atoms with Crippen LogP contribution in [-0.2, 0) is 11.3 Å². The lowest BCUT2D eigenvalue weighted by Crippen LogP contribution is -2.58. The van der Waals surface area contributed by atoms with Crippen molar-refractivity contribution in [1.29, 1.82) is 0 Å². The number of piperazine rings is 1. The Balaban J connectivity index is 1.21. The molecule has 25 heavy (non-hydrogen) atoms. The molecule has 0 unspecified atom stereocenters. The molecule has 4 saturated carbocycles. The number of rotatable bonds is 3. The number of amides is 1. The Bertz CT molecular complexity index is 624. The van der Waals surface area contributed by atoms with Gasteiger partial charge in [0, 0.05) is 38.8 Å². The van der Waals surface area contributed by atoms with Crippen molar-refractivity contribution in [2.45, 2.75) is 52.0 Å². The molecule has 0 radical (unpaired) electrons. The van der Waals surface area contributed by atoms with Gasteiger partial charge < -0.3 is 9.42 Å². The van der Waals surface area contributed by atoms with Crippen LogP contribution < -0.4 is 0 Å². The van der Waals surface area contributed by atoms with E-state index in [0.29, 0.717) is 5.91 Å². The van der Waals surface area contributed by atoms with Crippen LogP contribution >= 0.6 is 0 Å². The molecular formula is C20H29N3O2. The zero-order chi connectivity index (χ0) is 17.0. The fraction of sp³-hybridized carbons (Fsp3) is 0.800. The van der Waals surface area contributed by atoms with E-state index in [0.717, 1.165) is 61.9 Å². The second kappa shape index (κ2) is 5.83. The van der Waals surface area contributed by atoms with Crippen LogP contribution in [0.4, 0.5) is 0 Å². The molecule has 1 aliphatic heterocycles. The maximum absolute atomic E-state index is 13.4. The number of hydrogen-bond donors (Lipinski definition) is 0. The number of carbonyl (C=O) groups excluding carboxylic acids is 1. The summed E-state index contributed by atoms with van der Waals surface area (Å²) in [5, 5.41) is 4.09. The Hall–Kier alpha value is -1.36. The number of nitrogens with zero attached hydrogens (tertiary/aromatic N) is 3. The molecule has 6 rings (SSSR count). The van der Waals surface area contributed by atoms with Crippen molar-refractivity contribution in [3.8, 4) is 0 Å². The number of aryl methyl sites for hydroxylation is 1. The molecule has 136 valence electrons. The van der Waals surface area contributed by atoms with Crippen LogP contribution in [0, 0.1) is 30.1 Å². The van der Waals surface area contributed by atoms with E-state index in [1.807, 2.05) is 13.0 Å². The van der Waals surface area contributed by atoms with E-state index in [1.165, 1.54) is 38.5 Å². The summed E-state index contributed by atoms with van der Waals surface area (Å²) in [4.78, 5) is 18.0. The summed E-state index contributed by atoms with van der Waals surface area (Å²) in [6.07, 6.45) is 7.73. The minimum atomic E-state index is 0.0140. The lowest BCUT2D eigenvalue weighted by atomic mass is 9.49. The molecule has 0 N–H and O–H groups in total. The summed E-state index contributed by atoms with van der Waals surface area (Å²) < 4.78 is 5.16. The van der Waals surface area contributed by atoms with Gasteiger partial charge in [-0.05, 0) is 63.2 Å². The molecule has 2 heterocycles. The van der Waals surface area contributed by atoms with Crippen LogP contribution in [-0.4, -0.2) is 47.0 Å². The Labute approximate surface area is 149 Å². The van der Waals surface area contributed by atoms with Crippen molar-refractivity contribution in [1.82, 2.24) is 15.0 Å². The highest BCUT2D eigenvalue weighted by molar-refractivity contribution is 5.83. The van der Waals surface area contributed by atoms with Crippen LogP contribution in [0.25, 0.3) is 0 Å². The number of aromatic nitrogens is 1. The Kier molecular flexibility index (Phi) is 3.70. The fourth-order valence-electron chi connectivity index (χ4n) is 6.54. The molecule has 0 spiro atoms. The molecule has 4 aliphatic carbocycles. The molecule has 0 aromatic carbocycles. The summed E-state index contributed by atoms with van der Waals surface area (Å²) >= 11 is 0. The first-order valence-corrected chi connectivity index (χ1v) is 10.0. The highest BCUT2D eigenvalue weighted by Crippen LogP contribution is 2.60. The van der Waals surface area contributed by atoms with E-state index in [4.69, 9.17) is 4.52 Å². The standard InChI is InChI=1S/C20H29N3O2/c1-14-6-18(21-25-14)13-22-2-4-23(5-3-22)19(24)20-10-15-7-16(11-20)9-17(8-15)12-20/h6,15-17H,2-5,7-13H2,1H3. The van der Waals surface area contributed by atoms with Crippen molar-refractivity contribution in [2.24, 2.45) is 23.2 Å². The largest absolute Gasteiger partial charge is 0.361 e. The van der Waals surface area contributed by atoms with E-state index in [9.17, 15) is 4.79 Å². The SMILES string of the molecule is Cc1cc(CN2CCN(C(=O)C34CC5CC(CC(C5)C3)C4)CC2)no1. The van der Waals surface area contributed by atoms with Gasteiger partial charge in [0.25, 0.3) is 0 Å². The lowest BCUT2D eigenvalue weighted by Gasteiger charge is -2.57. The van der Waals surface area contributed by atoms with Gasteiger partial charge in [-0.25, -0.2) is 0 Å². The first kappa shape index (κ1) is 15.9. The molecule has 5 aliphatic rings. The van der Waals surface area contributed by atoms with E-state index in [1.54, 1.807) is 0 Å². The number of carbonyl (C=O) groups is 1. The summed E-state index contributed by atoms with van der Waals surface area (Å²) in [7, 11) is 0. The van der Waals surface area contributed by atoms with Crippen molar-refractivity contribution in [3.63, 3.8) is 0 Å². The van der Waals surface area contributed by atoms with Gasteiger partial charge >= 0.3 is 0 Å². The average Bonchev–Trinajstić information content (AvgIpc) is 2.98. The van der Waals surface area contributed by atoms with Crippen LogP contribution in [0.5, 0.6) is 0 Å². The van der Waals surface area contributed by atoms with Crippen molar-refractivity contribution in [2.75, 3.05) is 26.2 Å². The minimum absolute atomic E-state index is 0.0140. The normalized spacial score (nSPS) is 37.6. The molecular weight excluding hydrogens is 314 g/mol. The van der Waals surface area contributed by atoms with Crippen molar-refractivity contribution < 1.29 is 9.32 Å². The average molecular weight is 343 g/mol. The third-order valence-corrected chi connectivity index (χ3v) is 7.21. The first-order valence-electron chi connectivity index (χ1n) is 10.0. The zero-order valence-electron chi connectivity index (χ0n) is 15.2. The second-order valence-corrected chi connectivity index (χ2v) is 9.20. The Morgan fingerprint density at radius 1 is 1.12 bits per heavy atom. The molecule has 0 atom stereocenters. The summed E-state index contributed by atoms with van der Waals surface area (Å²) in [5.74, 6) is 3.87. The van der Waals surface area contributed by atoms with Crippen molar-refractivity contribution in [3.05, 3.63) is 17.5 Å². The van der Waals surface area contributed by atoms with Crippen LogP contribution in [0.3, 0.4) is 0 Å². The van der Waals surface area contributed by atoms with Crippen LogP contribution in [0.1, 0.15) is 50.0 Å². The van der Waals surface area contributed by atoms with Gasteiger partial charge in [0.15, 0.2) is 0 Å². The summed E-state index contributed by atoms with van der Waals surface area (Å²) in [6, 6.07) is 2.01. The van der Waals surface area contributed by atoms with Gasteiger partial charge in [0.1, 0.15) is 5.76 Å². The predicted octanol–water partition coefficient (Wildman–Crippen LogP) is 2.84. The van der Waals surface area contributed by atoms with Gasteiger partial charge in [0.05, 0.1) is 11.1 Å². The molecule has 5 heteroatoms. The third-order valence-electron chi connectivity index (χ3n) is 7.21. The molecule has 1 amide bonds. The van der Waals surface area contributed by atoms with Gasteiger partial charge in [-0.3, -0.25) is 9.69 Å². The minimum Gasteiger partial charge on any atom is -0.361 e. The van der Waals surface area contributed by atoms with Crippen molar-refractivity contribution >= 4 is 5.91 Å². The van der Waals surface area contributed by atoms with Gasteiger partial charge in [-0.15, -0.1) is 0 Å². The maximum atomic E-state index is 13.4. The molecule has 1 aromatic rings. The van der Waals surface area contributed by atoms with E-state index in [-0.39, 0.29) is 5.41 Å². The van der Waals surface area contributed by atoms with E-state index in [2.05, 4.69) is 15.0 Å². The zero-order valence-corrected chi connectivity index (χ0v) is 15.2. The number of hydrogen-bond acceptors (Lipinski definition) is 4. The molecule has 5 fully saturated rings. The Morgan fingerprint density at radius 2 is 1.72 bits per heavy atom. The predicted molar refractivity (Wildman–Crippen MR) is 93.7 cm³/mol. The molecule has 4 bridgehead atoms. The quantitative estimate of drug-likeness (QED) is 0.847. The third kappa shape index (κ3) is 2.80. The smallest absolute Gasteiger partial charge is 0.228 e. The van der Waals surface area contributed by atoms with Crippen LogP contribution in [0.2, 0.25) is 0 Å². The fourth-order valence-corrected chi connectivity index (χ4v) is 6.54. The summed E-state index contributed by atoms with van der Waals surface area (Å²) in [5.41, 5.74) is 1.01. The monoisotopic (exact) mass is 343 g/mol. The topological polar surface area (TPSA) is 49.6 Å². The molecule has 1 saturated heterocycles. The van der Waals surface area contributed by atoms with Gasteiger partial charge in [0.2, 0.25) is 5.91 Å². The highest BCUT2D eigenvalue weighted by atomic mass is 16.5. The Morgan fingerprint density at radius 3 is 2.24 bits per heavy atom. The van der Waals surface area contributed by atoms with E-state index < -0.39 is 0 Å². The van der Waals surface area contributed by atoms with Gasteiger partial charge in [-0.2, -0.15) is 0 Å². The maximum Gasteiger partial charge on any atom is 0.228 e. The van der Waals surface area contributed by atoms with Gasteiger partial charge in [-0.1, -0.05) is 5.16 Å². The van der Waals surface area contributed by atoms with E-state index >= 15 is 0 Å². The second-order valence-electron chi connectivity index (χ2n) is 9.20. The molecule has 1 aromatic heterocycles. The van der Waals surface area contributed by atoms with Crippen LogP contribution in [0.15, 0.2) is 10.6 Å². The lowest BCUT2D eigenvalue weighted by molar-refractivity contribution is -0.159. The molecule has 5 nitrogen and oxygen atoms in total. The highest BCUT2D eigenvalue weighted by Gasteiger charge is 2.55. The first-order chi connectivity index (χ1) is 12.1.